The Labute approximate surface area is 114 Å². The number of benzene rings is 3. The van der Waals surface area contributed by atoms with Crippen molar-refractivity contribution in [3.8, 4) is 0 Å². The number of aryl methyl sites for hydroxylation is 1. The van der Waals surface area contributed by atoms with E-state index in [0.717, 1.165) is 6.42 Å². The monoisotopic (exact) mass is 249 g/mol. The van der Waals surface area contributed by atoms with Crippen LogP contribution >= 0.6 is 0 Å². The van der Waals surface area contributed by atoms with Crippen molar-refractivity contribution in [3.05, 3.63) is 83.4 Å². The van der Waals surface area contributed by atoms with Gasteiger partial charge in [-0.1, -0.05) is 66.7 Å². The maximum absolute atomic E-state index is 2.22. The molecule has 0 amide bonds. The summed E-state index contributed by atoms with van der Waals surface area (Å²) >= 11 is 0. The molecule has 0 unspecified atom stereocenters. The van der Waals surface area contributed by atoms with Gasteiger partial charge in [0.15, 0.2) is 0 Å². The molecule has 0 aliphatic rings. The van der Waals surface area contributed by atoms with E-state index in [9.17, 15) is 0 Å². The lowest BCUT2D eigenvalue weighted by Crippen LogP contribution is -1.93. The normalized spacial score (nSPS) is 10.2. The van der Waals surface area contributed by atoms with Crippen LogP contribution in [0.4, 0.5) is 0 Å². The van der Waals surface area contributed by atoms with Gasteiger partial charge in [0.05, 0.1) is 0 Å². The Kier molecular flexibility index (Phi) is 3.98. The van der Waals surface area contributed by atoms with Crippen molar-refractivity contribution in [1.82, 2.24) is 6.15 Å². The van der Waals surface area contributed by atoms with E-state index in [1.54, 1.807) is 0 Å². The Balaban J connectivity index is 0.00000133. The second-order valence-corrected chi connectivity index (χ2v) is 4.74. The number of hydrogen-bond donors (Lipinski definition) is 1. The van der Waals surface area contributed by atoms with Gasteiger partial charge in [-0.2, -0.15) is 0 Å². The Morgan fingerprint density at radius 1 is 0.737 bits per heavy atom. The molecule has 0 saturated heterocycles. The van der Waals surface area contributed by atoms with Crippen molar-refractivity contribution in [2.75, 3.05) is 0 Å². The maximum Gasteiger partial charge on any atom is -0.00170 e. The molecule has 3 rings (SSSR count). The van der Waals surface area contributed by atoms with Gasteiger partial charge in [-0.3, -0.25) is 0 Å². The molecule has 3 aromatic carbocycles. The highest BCUT2D eigenvalue weighted by Gasteiger charge is 2.05. The molecular weight excluding hydrogens is 230 g/mol. The van der Waals surface area contributed by atoms with E-state index in [1.807, 2.05) is 0 Å². The average Bonchev–Trinajstić information content (AvgIpc) is 2.43. The lowest BCUT2D eigenvalue weighted by atomic mass is 9.94. The van der Waals surface area contributed by atoms with Crippen LogP contribution in [0.3, 0.4) is 0 Å². The predicted octanol–water partition coefficient (Wildman–Crippen LogP) is 4.90. The minimum absolute atomic E-state index is 0. The van der Waals surface area contributed by atoms with E-state index >= 15 is 0 Å². The van der Waals surface area contributed by atoms with E-state index in [2.05, 4.69) is 73.7 Å². The minimum atomic E-state index is 0. The zero-order valence-corrected chi connectivity index (χ0v) is 11.3. The van der Waals surface area contributed by atoms with Crippen LogP contribution in [0.25, 0.3) is 10.8 Å². The summed E-state index contributed by atoms with van der Waals surface area (Å²) < 4.78 is 0. The summed E-state index contributed by atoms with van der Waals surface area (Å²) in [5.74, 6) is 0. The zero-order chi connectivity index (χ0) is 12.4. The van der Waals surface area contributed by atoms with E-state index in [-0.39, 0.29) is 6.15 Å². The fourth-order valence-electron chi connectivity index (χ4n) is 2.48. The van der Waals surface area contributed by atoms with Gasteiger partial charge >= 0.3 is 0 Å². The van der Waals surface area contributed by atoms with Gasteiger partial charge < -0.3 is 6.15 Å². The molecule has 0 bridgehead atoms. The third-order valence-corrected chi connectivity index (χ3v) is 3.50. The van der Waals surface area contributed by atoms with Crippen LogP contribution < -0.4 is 6.15 Å². The van der Waals surface area contributed by atoms with Crippen molar-refractivity contribution in [1.29, 1.82) is 0 Å². The van der Waals surface area contributed by atoms with Crippen LogP contribution in [0, 0.1) is 6.92 Å². The fourth-order valence-corrected chi connectivity index (χ4v) is 2.48. The first-order valence-electron chi connectivity index (χ1n) is 6.36. The molecular formula is C18H19N. The van der Waals surface area contributed by atoms with Gasteiger partial charge in [-0.25, -0.2) is 0 Å². The molecule has 0 heterocycles. The molecule has 0 fully saturated rings. The van der Waals surface area contributed by atoms with E-state index in [1.165, 1.54) is 27.5 Å². The lowest BCUT2D eigenvalue weighted by Gasteiger charge is -2.10. The molecule has 0 radical (unpaired) electrons. The van der Waals surface area contributed by atoms with Gasteiger partial charge in [0.25, 0.3) is 0 Å². The van der Waals surface area contributed by atoms with Crippen molar-refractivity contribution < 1.29 is 0 Å². The van der Waals surface area contributed by atoms with Crippen molar-refractivity contribution in [2.24, 2.45) is 0 Å². The van der Waals surface area contributed by atoms with Gasteiger partial charge in [0.2, 0.25) is 0 Å². The Hall–Kier alpha value is -2.12. The van der Waals surface area contributed by atoms with Gasteiger partial charge in [-0.05, 0) is 40.8 Å². The number of hydrogen-bond acceptors (Lipinski definition) is 1. The quantitative estimate of drug-likeness (QED) is 0.688. The Bertz CT molecular complexity index is 672. The standard InChI is InChI=1S/C18H16.H3N/c1-14-11-12-16-9-5-6-10-17(16)18(14)13-15-7-3-2-4-8-15;/h2-12H,13H2,1H3;1H3. The third kappa shape index (κ3) is 2.67. The predicted molar refractivity (Wildman–Crippen MR) is 83.0 cm³/mol. The molecule has 3 aromatic rings. The first kappa shape index (κ1) is 13.3. The molecule has 0 aliphatic carbocycles. The summed E-state index contributed by atoms with van der Waals surface area (Å²) in [6.45, 7) is 2.20. The summed E-state index contributed by atoms with van der Waals surface area (Å²) in [6, 6.07) is 23.7. The second-order valence-electron chi connectivity index (χ2n) is 4.74. The number of rotatable bonds is 2. The molecule has 0 atom stereocenters. The first-order valence-corrected chi connectivity index (χ1v) is 6.36. The smallest absolute Gasteiger partial charge is 0.00170 e. The molecule has 0 aromatic heterocycles. The maximum atomic E-state index is 2.22. The molecule has 96 valence electrons. The summed E-state index contributed by atoms with van der Waals surface area (Å²) in [7, 11) is 0. The zero-order valence-electron chi connectivity index (χ0n) is 11.3. The molecule has 0 aliphatic heterocycles. The molecule has 19 heavy (non-hydrogen) atoms. The highest BCUT2D eigenvalue weighted by atomic mass is 14.1. The molecule has 0 saturated carbocycles. The Morgan fingerprint density at radius 2 is 1.42 bits per heavy atom. The van der Waals surface area contributed by atoms with Gasteiger partial charge in [-0.15, -0.1) is 0 Å². The van der Waals surface area contributed by atoms with Crippen LogP contribution in [0.2, 0.25) is 0 Å². The van der Waals surface area contributed by atoms with E-state index in [0.29, 0.717) is 0 Å². The summed E-state index contributed by atoms with van der Waals surface area (Å²) in [4.78, 5) is 0. The van der Waals surface area contributed by atoms with Crippen molar-refractivity contribution >= 4 is 10.8 Å². The minimum Gasteiger partial charge on any atom is -0.344 e. The molecule has 3 N–H and O–H groups in total. The van der Waals surface area contributed by atoms with Crippen molar-refractivity contribution in [2.45, 2.75) is 13.3 Å². The molecule has 1 nitrogen and oxygen atoms in total. The van der Waals surface area contributed by atoms with Crippen LogP contribution in [-0.2, 0) is 6.42 Å². The largest absolute Gasteiger partial charge is 0.344 e. The Morgan fingerprint density at radius 3 is 2.21 bits per heavy atom. The van der Waals surface area contributed by atoms with E-state index in [4.69, 9.17) is 0 Å². The van der Waals surface area contributed by atoms with Gasteiger partial charge in [0.1, 0.15) is 0 Å². The first-order chi connectivity index (χ1) is 8.84. The molecule has 1 heteroatoms. The SMILES string of the molecule is Cc1ccc2ccccc2c1Cc1ccccc1.N. The average molecular weight is 249 g/mol. The third-order valence-electron chi connectivity index (χ3n) is 3.50. The summed E-state index contributed by atoms with van der Waals surface area (Å²) in [5, 5.41) is 2.70. The van der Waals surface area contributed by atoms with E-state index < -0.39 is 0 Å². The topological polar surface area (TPSA) is 35.0 Å². The highest BCUT2D eigenvalue weighted by Crippen LogP contribution is 2.24. The van der Waals surface area contributed by atoms with Crippen LogP contribution in [-0.4, -0.2) is 0 Å². The van der Waals surface area contributed by atoms with Crippen molar-refractivity contribution in [3.63, 3.8) is 0 Å². The molecule has 0 spiro atoms. The van der Waals surface area contributed by atoms with Crippen LogP contribution in [0.1, 0.15) is 16.7 Å². The highest BCUT2D eigenvalue weighted by molar-refractivity contribution is 5.87. The second kappa shape index (κ2) is 5.68. The van der Waals surface area contributed by atoms with Crippen LogP contribution in [0.15, 0.2) is 66.7 Å². The summed E-state index contributed by atoms with van der Waals surface area (Å²) in [6.07, 6.45) is 1.01. The van der Waals surface area contributed by atoms with Gasteiger partial charge in [0, 0.05) is 0 Å². The fraction of sp³-hybridized carbons (Fsp3) is 0.111. The van der Waals surface area contributed by atoms with Crippen LogP contribution in [0.5, 0.6) is 0 Å². The number of fused-ring (bicyclic) bond motifs is 1. The lowest BCUT2D eigenvalue weighted by molar-refractivity contribution is 1.18. The summed E-state index contributed by atoms with van der Waals surface area (Å²) in [5.41, 5.74) is 4.19.